The lowest BCUT2D eigenvalue weighted by Gasteiger charge is -2.10. The number of carbonyl (C=O) groups excluding carboxylic acids is 1. The van der Waals surface area contributed by atoms with Crippen molar-refractivity contribution in [3.05, 3.63) is 59.2 Å². The first-order valence-electron chi connectivity index (χ1n) is 6.39. The number of carbonyl (C=O) groups is 1. The third-order valence-corrected chi connectivity index (χ3v) is 2.95. The molecule has 0 spiro atoms. The van der Waals surface area contributed by atoms with E-state index in [1.54, 1.807) is 0 Å². The molecule has 0 heterocycles. The number of ether oxygens (including phenoxy) is 1. The Kier molecular flexibility index (Phi) is 4.52. The number of anilines is 1. The molecule has 1 N–H and O–H groups in total. The Morgan fingerprint density at radius 2 is 1.90 bits per heavy atom. The summed E-state index contributed by atoms with van der Waals surface area (Å²) in [5, 5.41) is 2.75. The van der Waals surface area contributed by atoms with Crippen molar-refractivity contribution in [1.82, 2.24) is 0 Å². The number of alkyl halides is 2. The third kappa shape index (κ3) is 4.02. The quantitative estimate of drug-likeness (QED) is 0.918. The standard InChI is InChI=1S/C16H15F2NO2/c1-10-6-7-14(11(2)8-10)19-15(20)12-4-3-5-13(9-12)21-16(17)18/h3-9,16H,1-2H3,(H,19,20). The summed E-state index contributed by atoms with van der Waals surface area (Å²) in [6.45, 7) is 0.936. The molecule has 0 bridgehead atoms. The molecule has 0 saturated carbocycles. The highest BCUT2D eigenvalue weighted by atomic mass is 19.3. The van der Waals surface area contributed by atoms with Gasteiger partial charge in [-0.05, 0) is 43.7 Å². The van der Waals surface area contributed by atoms with Crippen molar-refractivity contribution >= 4 is 11.6 Å². The van der Waals surface area contributed by atoms with Crippen LogP contribution in [0, 0.1) is 13.8 Å². The number of aryl methyl sites for hydroxylation is 2. The Labute approximate surface area is 121 Å². The molecule has 0 radical (unpaired) electrons. The molecule has 2 aromatic carbocycles. The molecule has 0 aromatic heterocycles. The van der Waals surface area contributed by atoms with Crippen LogP contribution < -0.4 is 10.1 Å². The summed E-state index contributed by atoms with van der Waals surface area (Å²) in [4.78, 5) is 12.1. The fourth-order valence-electron chi connectivity index (χ4n) is 1.96. The first kappa shape index (κ1) is 15.0. The summed E-state index contributed by atoms with van der Waals surface area (Å²) in [5.74, 6) is -0.417. The van der Waals surface area contributed by atoms with Crippen molar-refractivity contribution in [2.24, 2.45) is 0 Å². The maximum atomic E-state index is 12.2. The van der Waals surface area contributed by atoms with E-state index in [2.05, 4.69) is 10.1 Å². The number of hydrogen-bond acceptors (Lipinski definition) is 2. The molecule has 0 aliphatic heterocycles. The summed E-state index contributed by atoms with van der Waals surface area (Å²) in [5.41, 5.74) is 2.97. The average Bonchev–Trinajstić information content (AvgIpc) is 2.41. The minimum absolute atomic E-state index is 0.0433. The zero-order valence-corrected chi connectivity index (χ0v) is 11.7. The molecule has 0 atom stereocenters. The first-order chi connectivity index (χ1) is 9.95. The van der Waals surface area contributed by atoms with Gasteiger partial charge in [-0.1, -0.05) is 23.8 Å². The Hall–Kier alpha value is -2.43. The molecule has 1 amide bonds. The molecule has 0 saturated heterocycles. The minimum atomic E-state index is -2.91. The lowest BCUT2D eigenvalue weighted by molar-refractivity contribution is -0.0498. The van der Waals surface area contributed by atoms with E-state index < -0.39 is 6.61 Å². The second kappa shape index (κ2) is 6.35. The normalized spacial score (nSPS) is 10.5. The van der Waals surface area contributed by atoms with Gasteiger partial charge in [0.15, 0.2) is 0 Å². The second-order valence-corrected chi connectivity index (χ2v) is 4.68. The van der Waals surface area contributed by atoms with Crippen LogP contribution in [-0.2, 0) is 0 Å². The summed E-state index contributed by atoms with van der Waals surface area (Å²) in [7, 11) is 0. The molecule has 3 nitrogen and oxygen atoms in total. The van der Waals surface area contributed by atoms with Crippen molar-refractivity contribution in [3.8, 4) is 5.75 Å². The van der Waals surface area contributed by atoms with Gasteiger partial charge in [-0.25, -0.2) is 0 Å². The van der Waals surface area contributed by atoms with Crippen molar-refractivity contribution in [3.63, 3.8) is 0 Å². The van der Waals surface area contributed by atoms with Gasteiger partial charge >= 0.3 is 6.61 Å². The van der Waals surface area contributed by atoms with Crippen molar-refractivity contribution in [2.45, 2.75) is 20.5 Å². The Balaban J connectivity index is 2.16. The van der Waals surface area contributed by atoms with Crippen molar-refractivity contribution < 1.29 is 18.3 Å². The van der Waals surface area contributed by atoms with E-state index in [9.17, 15) is 13.6 Å². The number of halogens is 2. The van der Waals surface area contributed by atoms with Gasteiger partial charge in [0.05, 0.1) is 0 Å². The predicted octanol–water partition coefficient (Wildman–Crippen LogP) is 4.16. The lowest BCUT2D eigenvalue weighted by Crippen LogP contribution is -2.13. The van der Waals surface area contributed by atoms with Gasteiger partial charge in [0.2, 0.25) is 0 Å². The number of rotatable bonds is 4. The average molecular weight is 291 g/mol. The molecule has 110 valence electrons. The van der Waals surface area contributed by atoms with Crippen LogP contribution >= 0.6 is 0 Å². The van der Waals surface area contributed by atoms with Crippen LogP contribution in [0.5, 0.6) is 5.75 Å². The third-order valence-electron chi connectivity index (χ3n) is 2.95. The SMILES string of the molecule is Cc1ccc(NC(=O)c2cccc(OC(F)F)c2)c(C)c1. The Morgan fingerprint density at radius 1 is 1.14 bits per heavy atom. The monoisotopic (exact) mass is 291 g/mol. The van der Waals surface area contributed by atoms with Gasteiger partial charge in [-0.3, -0.25) is 4.79 Å². The number of nitrogens with one attached hydrogen (secondary N) is 1. The van der Waals surface area contributed by atoms with Gasteiger partial charge in [0.25, 0.3) is 5.91 Å². The van der Waals surface area contributed by atoms with Gasteiger partial charge in [-0.2, -0.15) is 8.78 Å². The maximum absolute atomic E-state index is 12.2. The zero-order chi connectivity index (χ0) is 15.4. The van der Waals surface area contributed by atoms with Crippen LogP contribution in [0.25, 0.3) is 0 Å². The molecular formula is C16H15F2NO2. The van der Waals surface area contributed by atoms with Crippen LogP contribution in [0.1, 0.15) is 21.5 Å². The second-order valence-electron chi connectivity index (χ2n) is 4.68. The van der Waals surface area contributed by atoms with E-state index in [-0.39, 0.29) is 17.2 Å². The molecule has 0 aliphatic rings. The summed E-state index contributed by atoms with van der Waals surface area (Å²) >= 11 is 0. The molecule has 0 aliphatic carbocycles. The predicted molar refractivity (Wildman–Crippen MR) is 76.9 cm³/mol. The summed E-state index contributed by atoms with van der Waals surface area (Å²) < 4.78 is 28.6. The van der Waals surface area contributed by atoms with E-state index in [0.29, 0.717) is 5.69 Å². The van der Waals surface area contributed by atoms with Gasteiger partial charge in [0.1, 0.15) is 5.75 Å². The Morgan fingerprint density at radius 3 is 2.57 bits per heavy atom. The zero-order valence-electron chi connectivity index (χ0n) is 11.7. The van der Waals surface area contributed by atoms with Gasteiger partial charge in [-0.15, -0.1) is 0 Å². The fourth-order valence-corrected chi connectivity index (χ4v) is 1.96. The van der Waals surface area contributed by atoms with Gasteiger partial charge < -0.3 is 10.1 Å². The van der Waals surface area contributed by atoms with Crippen molar-refractivity contribution in [1.29, 1.82) is 0 Å². The number of amides is 1. The largest absolute Gasteiger partial charge is 0.435 e. The molecule has 0 fully saturated rings. The maximum Gasteiger partial charge on any atom is 0.387 e. The lowest BCUT2D eigenvalue weighted by atomic mass is 10.1. The van der Waals surface area contributed by atoms with Gasteiger partial charge in [0, 0.05) is 11.3 Å². The molecule has 21 heavy (non-hydrogen) atoms. The number of benzene rings is 2. The first-order valence-corrected chi connectivity index (χ1v) is 6.39. The van der Waals surface area contributed by atoms with Crippen LogP contribution in [0.2, 0.25) is 0 Å². The van der Waals surface area contributed by atoms with Crippen LogP contribution in [0.15, 0.2) is 42.5 Å². The molecule has 2 rings (SSSR count). The van der Waals surface area contributed by atoms with E-state index in [0.717, 1.165) is 11.1 Å². The van der Waals surface area contributed by atoms with Crippen molar-refractivity contribution in [2.75, 3.05) is 5.32 Å². The number of hydrogen-bond donors (Lipinski definition) is 1. The van der Waals surface area contributed by atoms with E-state index in [4.69, 9.17) is 0 Å². The van der Waals surface area contributed by atoms with E-state index in [1.807, 2.05) is 32.0 Å². The molecule has 2 aromatic rings. The summed E-state index contributed by atoms with van der Waals surface area (Å²) in [6.07, 6.45) is 0. The van der Waals surface area contributed by atoms with Crippen LogP contribution in [0.3, 0.4) is 0 Å². The fraction of sp³-hybridized carbons (Fsp3) is 0.188. The minimum Gasteiger partial charge on any atom is -0.435 e. The Bertz CT molecular complexity index is 656. The highest BCUT2D eigenvalue weighted by molar-refractivity contribution is 6.04. The smallest absolute Gasteiger partial charge is 0.387 e. The molecule has 5 heteroatoms. The van der Waals surface area contributed by atoms with E-state index >= 15 is 0 Å². The van der Waals surface area contributed by atoms with Crippen LogP contribution in [-0.4, -0.2) is 12.5 Å². The van der Waals surface area contributed by atoms with E-state index in [1.165, 1.54) is 24.3 Å². The summed E-state index contributed by atoms with van der Waals surface area (Å²) in [6, 6.07) is 11.3. The highest BCUT2D eigenvalue weighted by Gasteiger charge is 2.10. The highest BCUT2D eigenvalue weighted by Crippen LogP contribution is 2.19. The topological polar surface area (TPSA) is 38.3 Å². The van der Waals surface area contributed by atoms with Crippen LogP contribution in [0.4, 0.5) is 14.5 Å². The molecule has 0 unspecified atom stereocenters. The molecular weight excluding hydrogens is 276 g/mol.